The molecule has 1 aliphatic carbocycles. The predicted molar refractivity (Wildman–Crippen MR) is 99.5 cm³/mol. The van der Waals surface area contributed by atoms with E-state index in [1.54, 1.807) is 0 Å². The topological polar surface area (TPSA) is 113 Å². The smallest absolute Gasteiger partial charge is 0.254 e. The number of rotatable bonds is 5. The molecule has 0 bridgehead atoms. The van der Waals surface area contributed by atoms with E-state index < -0.39 is 5.91 Å². The number of nitrogens with two attached hydrogens (primary N) is 1. The summed E-state index contributed by atoms with van der Waals surface area (Å²) < 4.78 is 0. The molecule has 1 aromatic heterocycles. The van der Waals surface area contributed by atoms with Gasteiger partial charge in [-0.05, 0) is 37.5 Å². The molecule has 1 aromatic rings. The van der Waals surface area contributed by atoms with Gasteiger partial charge in [0.1, 0.15) is 5.82 Å². The van der Waals surface area contributed by atoms with Crippen molar-refractivity contribution >= 4 is 17.7 Å². The van der Waals surface area contributed by atoms with Crippen LogP contribution in [-0.2, 0) is 0 Å². The number of nitrogens with one attached hydrogen (secondary N) is 2. The monoisotopic (exact) mass is 349 g/mol. The quantitative estimate of drug-likeness (QED) is 0.649. The summed E-state index contributed by atoms with van der Waals surface area (Å²) in [6.45, 7) is 10.5. The van der Waals surface area contributed by atoms with Crippen molar-refractivity contribution in [2.45, 2.75) is 72.1 Å². The second-order valence-corrected chi connectivity index (χ2v) is 8.25. The average molecular weight is 349 g/mol. The third-order valence-electron chi connectivity index (χ3n) is 5.19. The molecule has 1 unspecified atom stereocenters. The summed E-state index contributed by atoms with van der Waals surface area (Å²) in [5.41, 5.74) is 5.77. The molecule has 1 aliphatic rings. The lowest BCUT2D eigenvalue weighted by molar-refractivity contribution is 0.0739. The summed E-state index contributed by atoms with van der Waals surface area (Å²) in [6.07, 6.45) is 3.59. The summed E-state index contributed by atoms with van der Waals surface area (Å²) >= 11 is 0. The Kier molecular flexibility index (Phi) is 5.87. The van der Waals surface area contributed by atoms with Crippen LogP contribution in [0.15, 0.2) is 6.20 Å². The first-order chi connectivity index (χ1) is 11.6. The van der Waals surface area contributed by atoms with Gasteiger partial charge in [0.2, 0.25) is 5.95 Å². The highest BCUT2D eigenvalue weighted by molar-refractivity contribution is 5.97. The van der Waals surface area contributed by atoms with Gasteiger partial charge in [-0.15, -0.1) is 0 Å². The molecular weight excluding hydrogens is 318 g/mol. The fraction of sp³-hybridized carbons (Fsp3) is 0.722. The molecule has 7 heteroatoms. The molecule has 1 amide bonds. The number of carbonyl (C=O) groups is 1. The van der Waals surface area contributed by atoms with Crippen molar-refractivity contribution in [1.82, 2.24) is 9.97 Å². The number of primary amides is 1. The zero-order valence-electron chi connectivity index (χ0n) is 15.8. The van der Waals surface area contributed by atoms with Crippen LogP contribution in [0.25, 0.3) is 0 Å². The Hall–Kier alpha value is -1.89. The molecule has 1 fully saturated rings. The minimum atomic E-state index is -0.567. The molecule has 0 spiro atoms. The number of nitrogens with zero attached hydrogens (tertiary/aromatic N) is 2. The SMILES string of the molecule is CC(Nc1ncc(C(N)=O)c(N[C@@H]2CC[C@@H](C)[C@H](O)C2)n1)C(C)(C)C. The Morgan fingerprint density at radius 2 is 2.08 bits per heavy atom. The minimum absolute atomic E-state index is 0.0446. The molecule has 1 saturated carbocycles. The number of hydrogen-bond donors (Lipinski definition) is 4. The number of hydrogen-bond acceptors (Lipinski definition) is 6. The van der Waals surface area contributed by atoms with Crippen LogP contribution in [0.4, 0.5) is 11.8 Å². The van der Waals surface area contributed by atoms with Crippen LogP contribution in [0.1, 0.15) is 64.2 Å². The van der Waals surface area contributed by atoms with Gasteiger partial charge >= 0.3 is 0 Å². The number of amides is 1. The first kappa shape index (κ1) is 19.4. The van der Waals surface area contributed by atoms with E-state index in [9.17, 15) is 9.90 Å². The zero-order valence-corrected chi connectivity index (χ0v) is 15.8. The second-order valence-electron chi connectivity index (χ2n) is 8.25. The summed E-state index contributed by atoms with van der Waals surface area (Å²) in [7, 11) is 0. The minimum Gasteiger partial charge on any atom is -0.393 e. The van der Waals surface area contributed by atoms with Crippen molar-refractivity contribution in [1.29, 1.82) is 0 Å². The van der Waals surface area contributed by atoms with Gasteiger partial charge in [0.25, 0.3) is 5.91 Å². The lowest BCUT2D eigenvalue weighted by Gasteiger charge is -2.32. The van der Waals surface area contributed by atoms with Gasteiger partial charge in [0, 0.05) is 18.3 Å². The van der Waals surface area contributed by atoms with E-state index in [0.717, 1.165) is 12.8 Å². The van der Waals surface area contributed by atoms with Gasteiger partial charge in [-0.1, -0.05) is 27.7 Å². The molecule has 25 heavy (non-hydrogen) atoms. The van der Waals surface area contributed by atoms with Gasteiger partial charge in [0.15, 0.2) is 0 Å². The molecule has 1 heterocycles. The normalized spacial score (nSPS) is 25.3. The summed E-state index contributed by atoms with van der Waals surface area (Å²) in [6, 6.07) is 0.212. The zero-order chi connectivity index (χ0) is 18.8. The molecular formula is C18H31N5O2. The highest BCUT2D eigenvalue weighted by Gasteiger charge is 2.27. The Balaban J connectivity index is 2.19. The number of carbonyl (C=O) groups excluding carboxylic acids is 1. The Morgan fingerprint density at radius 3 is 2.64 bits per heavy atom. The number of aromatic nitrogens is 2. The fourth-order valence-corrected chi connectivity index (χ4v) is 2.77. The van der Waals surface area contributed by atoms with Crippen LogP contribution < -0.4 is 16.4 Å². The number of aliphatic hydroxyl groups is 1. The van der Waals surface area contributed by atoms with E-state index in [2.05, 4.69) is 55.2 Å². The lowest BCUT2D eigenvalue weighted by Crippen LogP contribution is -2.36. The van der Waals surface area contributed by atoms with Gasteiger partial charge in [-0.25, -0.2) is 4.98 Å². The molecule has 0 saturated heterocycles. The average Bonchev–Trinajstić information content (AvgIpc) is 2.50. The maximum atomic E-state index is 11.7. The van der Waals surface area contributed by atoms with Crippen molar-refractivity contribution in [3.63, 3.8) is 0 Å². The first-order valence-corrected chi connectivity index (χ1v) is 8.96. The lowest BCUT2D eigenvalue weighted by atomic mass is 9.85. The maximum absolute atomic E-state index is 11.7. The highest BCUT2D eigenvalue weighted by Crippen LogP contribution is 2.28. The molecule has 0 aliphatic heterocycles. The van der Waals surface area contributed by atoms with Gasteiger partial charge in [-0.2, -0.15) is 4.98 Å². The summed E-state index contributed by atoms with van der Waals surface area (Å²) in [5.74, 6) is 0.615. The second kappa shape index (κ2) is 7.56. The van der Waals surface area contributed by atoms with Crippen LogP contribution >= 0.6 is 0 Å². The molecule has 7 nitrogen and oxygen atoms in total. The van der Waals surface area contributed by atoms with E-state index in [0.29, 0.717) is 24.1 Å². The van der Waals surface area contributed by atoms with Gasteiger partial charge < -0.3 is 21.5 Å². The third kappa shape index (κ3) is 5.04. The van der Waals surface area contributed by atoms with Crippen LogP contribution in [0.3, 0.4) is 0 Å². The van der Waals surface area contributed by atoms with Crippen LogP contribution in [0.5, 0.6) is 0 Å². The fourth-order valence-electron chi connectivity index (χ4n) is 2.77. The Bertz CT molecular complexity index is 614. The predicted octanol–water partition coefficient (Wildman–Crippen LogP) is 2.38. The molecule has 4 atom stereocenters. The highest BCUT2D eigenvalue weighted by atomic mass is 16.3. The molecule has 0 aromatic carbocycles. The van der Waals surface area contributed by atoms with Crippen LogP contribution in [0.2, 0.25) is 0 Å². The van der Waals surface area contributed by atoms with E-state index in [1.165, 1.54) is 6.20 Å². The summed E-state index contributed by atoms with van der Waals surface area (Å²) in [4.78, 5) is 20.4. The van der Waals surface area contributed by atoms with Gasteiger partial charge in [-0.3, -0.25) is 4.79 Å². The van der Waals surface area contributed by atoms with Crippen molar-refractivity contribution in [2.75, 3.05) is 10.6 Å². The van der Waals surface area contributed by atoms with Crippen molar-refractivity contribution in [3.05, 3.63) is 11.8 Å². The van der Waals surface area contributed by atoms with Crippen molar-refractivity contribution < 1.29 is 9.90 Å². The largest absolute Gasteiger partial charge is 0.393 e. The molecule has 0 radical (unpaired) electrons. The number of anilines is 2. The molecule has 140 valence electrons. The van der Waals surface area contributed by atoms with Gasteiger partial charge in [0.05, 0.1) is 11.7 Å². The Morgan fingerprint density at radius 1 is 1.40 bits per heavy atom. The van der Waals surface area contributed by atoms with Crippen molar-refractivity contribution in [3.8, 4) is 0 Å². The molecule has 2 rings (SSSR count). The first-order valence-electron chi connectivity index (χ1n) is 8.96. The van der Waals surface area contributed by atoms with Crippen molar-refractivity contribution in [2.24, 2.45) is 17.1 Å². The van der Waals surface area contributed by atoms with E-state index in [4.69, 9.17) is 5.73 Å². The number of aliphatic hydroxyl groups excluding tert-OH is 1. The van der Waals surface area contributed by atoms with E-state index >= 15 is 0 Å². The Labute approximate surface area is 149 Å². The van der Waals surface area contributed by atoms with Crippen LogP contribution in [-0.4, -0.2) is 39.2 Å². The van der Waals surface area contributed by atoms with Crippen LogP contribution in [0, 0.1) is 11.3 Å². The molecule has 5 N–H and O–H groups in total. The third-order valence-corrected chi connectivity index (χ3v) is 5.19. The van der Waals surface area contributed by atoms with E-state index in [1.807, 2.05) is 0 Å². The maximum Gasteiger partial charge on any atom is 0.254 e. The van der Waals surface area contributed by atoms with E-state index in [-0.39, 0.29) is 29.2 Å². The summed E-state index contributed by atoms with van der Waals surface area (Å²) in [5, 5.41) is 16.7. The standard InChI is InChI=1S/C18H31N5O2/c1-10-6-7-12(8-14(10)24)22-16-13(15(19)25)9-20-17(23-16)21-11(2)18(3,4)5/h9-12,14,24H,6-8H2,1-5H3,(H2,19,25)(H2,20,21,22,23)/t10-,11?,12-,14-/m1/s1.